The van der Waals surface area contributed by atoms with Crippen LogP contribution in [0.15, 0.2) is 6.20 Å². The van der Waals surface area contributed by atoms with E-state index < -0.39 is 0 Å². The van der Waals surface area contributed by atoms with Gasteiger partial charge in [-0.05, 0) is 12.8 Å². The zero-order valence-corrected chi connectivity index (χ0v) is 10.4. The van der Waals surface area contributed by atoms with Crippen molar-refractivity contribution in [3.05, 3.63) is 17.7 Å². The van der Waals surface area contributed by atoms with Gasteiger partial charge in [0.2, 0.25) is 0 Å². The van der Waals surface area contributed by atoms with Gasteiger partial charge in [-0.15, -0.1) is 0 Å². The van der Waals surface area contributed by atoms with Crippen LogP contribution in [0.5, 0.6) is 0 Å². The molecule has 0 aromatic carbocycles. The number of nitrogens with one attached hydrogen (secondary N) is 1. The third-order valence-corrected chi connectivity index (χ3v) is 3.49. The molecule has 0 atom stereocenters. The number of ether oxygens (including phenoxy) is 1. The first-order valence-electron chi connectivity index (χ1n) is 6.40. The van der Waals surface area contributed by atoms with Gasteiger partial charge in [0.05, 0.1) is 13.5 Å². The molecule has 1 fully saturated rings. The lowest BCUT2D eigenvalue weighted by molar-refractivity contribution is -0.140. The molecule has 0 radical (unpaired) electrons. The van der Waals surface area contributed by atoms with Crippen molar-refractivity contribution >= 4 is 5.97 Å². The van der Waals surface area contributed by atoms with Crippen molar-refractivity contribution in [2.45, 2.75) is 50.9 Å². The van der Waals surface area contributed by atoms with Crippen LogP contribution in [0.1, 0.15) is 56.0 Å². The Morgan fingerprint density at radius 2 is 2.24 bits per heavy atom. The predicted octanol–water partition coefficient (Wildman–Crippen LogP) is 2.56. The molecule has 0 bridgehead atoms. The van der Waals surface area contributed by atoms with Crippen LogP contribution in [0, 0.1) is 0 Å². The van der Waals surface area contributed by atoms with Gasteiger partial charge >= 0.3 is 5.97 Å². The predicted molar refractivity (Wildman–Crippen MR) is 64.8 cm³/mol. The van der Waals surface area contributed by atoms with E-state index in [1.807, 2.05) is 6.20 Å². The standard InChI is InChI=1S/C13H20N2O2/c1-17-13(16)8-7-12-14-9-11(15-12)10-5-3-2-4-6-10/h9-10H,2-8H2,1H3,(H,14,15). The first-order valence-corrected chi connectivity index (χ1v) is 6.40. The van der Waals surface area contributed by atoms with Gasteiger partial charge in [0, 0.05) is 24.2 Å². The molecule has 1 heterocycles. The topological polar surface area (TPSA) is 55.0 Å². The highest BCUT2D eigenvalue weighted by atomic mass is 16.5. The zero-order valence-electron chi connectivity index (χ0n) is 10.4. The minimum Gasteiger partial charge on any atom is -0.469 e. The van der Waals surface area contributed by atoms with E-state index in [4.69, 9.17) is 0 Å². The van der Waals surface area contributed by atoms with Gasteiger partial charge in [-0.2, -0.15) is 0 Å². The van der Waals surface area contributed by atoms with Crippen molar-refractivity contribution in [2.24, 2.45) is 0 Å². The Balaban J connectivity index is 1.88. The van der Waals surface area contributed by atoms with Crippen LogP contribution >= 0.6 is 0 Å². The highest BCUT2D eigenvalue weighted by molar-refractivity contribution is 5.69. The van der Waals surface area contributed by atoms with Crippen LogP contribution in [-0.2, 0) is 16.0 Å². The molecule has 1 aliphatic rings. The lowest BCUT2D eigenvalue weighted by atomic mass is 9.87. The third-order valence-electron chi connectivity index (χ3n) is 3.49. The number of rotatable bonds is 4. The fraction of sp³-hybridized carbons (Fsp3) is 0.692. The highest BCUT2D eigenvalue weighted by Gasteiger charge is 2.17. The molecule has 1 aliphatic carbocycles. The third kappa shape index (κ3) is 3.32. The molecular weight excluding hydrogens is 216 g/mol. The van der Waals surface area contributed by atoms with Gasteiger partial charge < -0.3 is 9.72 Å². The van der Waals surface area contributed by atoms with E-state index in [2.05, 4.69) is 14.7 Å². The summed E-state index contributed by atoms with van der Waals surface area (Å²) in [5.41, 5.74) is 1.24. The van der Waals surface area contributed by atoms with Gasteiger partial charge in [0.15, 0.2) is 0 Å². The molecule has 1 N–H and O–H groups in total. The van der Waals surface area contributed by atoms with Crippen molar-refractivity contribution in [1.82, 2.24) is 9.97 Å². The van der Waals surface area contributed by atoms with Crippen LogP contribution in [0.4, 0.5) is 0 Å². The summed E-state index contributed by atoms with van der Waals surface area (Å²) < 4.78 is 4.61. The fourth-order valence-electron chi connectivity index (χ4n) is 2.45. The molecule has 94 valence electrons. The second-order valence-corrected chi connectivity index (χ2v) is 4.70. The number of aromatic amines is 1. The maximum absolute atomic E-state index is 11.0. The van der Waals surface area contributed by atoms with Gasteiger partial charge in [0.25, 0.3) is 0 Å². The number of hydrogen-bond donors (Lipinski definition) is 1. The number of H-pyrrole nitrogens is 1. The highest BCUT2D eigenvalue weighted by Crippen LogP contribution is 2.31. The summed E-state index contributed by atoms with van der Waals surface area (Å²) in [6.45, 7) is 0. The number of carbonyl (C=O) groups is 1. The molecule has 4 nitrogen and oxygen atoms in total. The van der Waals surface area contributed by atoms with E-state index in [9.17, 15) is 4.79 Å². The number of aryl methyl sites for hydroxylation is 1. The molecule has 0 saturated heterocycles. The van der Waals surface area contributed by atoms with Crippen molar-refractivity contribution in [2.75, 3.05) is 7.11 Å². The molecule has 0 spiro atoms. The van der Waals surface area contributed by atoms with E-state index in [1.54, 1.807) is 0 Å². The fourth-order valence-corrected chi connectivity index (χ4v) is 2.45. The summed E-state index contributed by atoms with van der Waals surface area (Å²) in [4.78, 5) is 18.7. The minimum atomic E-state index is -0.180. The number of imidazole rings is 1. The van der Waals surface area contributed by atoms with Gasteiger partial charge in [-0.3, -0.25) is 4.79 Å². The molecule has 1 aromatic heterocycles. The average Bonchev–Trinajstić information content (AvgIpc) is 2.86. The monoisotopic (exact) mass is 236 g/mol. The van der Waals surface area contributed by atoms with E-state index in [0.717, 1.165) is 5.82 Å². The summed E-state index contributed by atoms with van der Waals surface area (Å²) in [5, 5.41) is 0. The van der Waals surface area contributed by atoms with Crippen molar-refractivity contribution in [3.8, 4) is 0 Å². The molecule has 4 heteroatoms. The Kier molecular flexibility index (Phi) is 4.18. The molecule has 0 unspecified atom stereocenters. The van der Waals surface area contributed by atoms with Gasteiger partial charge in [-0.25, -0.2) is 4.98 Å². The van der Waals surface area contributed by atoms with Gasteiger partial charge in [-0.1, -0.05) is 19.3 Å². The summed E-state index contributed by atoms with van der Waals surface area (Å²) >= 11 is 0. The maximum Gasteiger partial charge on any atom is 0.305 e. The maximum atomic E-state index is 11.0. The largest absolute Gasteiger partial charge is 0.469 e. The molecule has 0 aliphatic heterocycles. The second kappa shape index (κ2) is 5.84. The summed E-state index contributed by atoms with van der Waals surface area (Å²) in [6.07, 6.45) is 9.50. The van der Waals surface area contributed by atoms with Crippen LogP contribution in [0.25, 0.3) is 0 Å². The zero-order chi connectivity index (χ0) is 12.1. The van der Waals surface area contributed by atoms with Crippen LogP contribution in [-0.4, -0.2) is 23.0 Å². The number of methoxy groups -OCH3 is 1. The van der Waals surface area contributed by atoms with Crippen molar-refractivity contribution in [1.29, 1.82) is 0 Å². The molecule has 1 aromatic rings. The lowest BCUT2D eigenvalue weighted by Crippen LogP contribution is -2.05. The Hall–Kier alpha value is -1.32. The molecule has 1 saturated carbocycles. The van der Waals surface area contributed by atoms with Crippen LogP contribution < -0.4 is 0 Å². The van der Waals surface area contributed by atoms with Crippen molar-refractivity contribution in [3.63, 3.8) is 0 Å². The summed E-state index contributed by atoms with van der Waals surface area (Å²) in [5.74, 6) is 1.36. The first kappa shape index (κ1) is 12.1. The van der Waals surface area contributed by atoms with E-state index in [0.29, 0.717) is 18.8 Å². The Bertz CT molecular complexity index is 367. The smallest absolute Gasteiger partial charge is 0.305 e. The number of esters is 1. The normalized spacial score (nSPS) is 17.0. The minimum absolute atomic E-state index is 0.180. The number of nitrogens with zero attached hydrogens (tertiary/aromatic N) is 1. The number of aromatic nitrogens is 2. The summed E-state index contributed by atoms with van der Waals surface area (Å²) in [7, 11) is 1.41. The van der Waals surface area contributed by atoms with E-state index in [-0.39, 0.29) is 5.97 Å². The average molecular weight is 236 g/mol. The first-order chi connectivity index (χ1) is 8.29. The van der Waals surface area contributed by atoms with Gasteiger partial charge in [0.1, 0.15) is 5.82 Å². The molecule has 0 amide bonds. The van der Waals surface area contributed by atoms with Crippen LogP contribution in [0.3, 0.4) is 0 Å². The SMILES string of the molecule is COC(=O)CCc1ncc(C2CCCCC2)[nH]1. The Morgan fingerprint density at radius 1 is 1.47 bits per heavy atom. The van der Waals surface area contributed by atoms with Crippen LogP contribution in [0.2, 0.25) is 0 Å². The second-order valence-electron chi connectivity index (χ2n) is 4.70. The molecule has 2 rings (SSSR count). The lowest BCUT2D eigenvalue weighted by Gasteiger charge is -2.19. The Morgan fingerprint density at radius 3 is 2.94 bits per heavy atom. The van der Waals surface area contributed by atoms with E-state index >= 15 is 0 Å². The molecular formula is C13H20N2O2. The van der Waals surface area contributed by atoms with E-state index in [1.165, 1.54) is 44.9 Å². The summed E-state index contributed by atoms with van der Waals surface area (Å²) in [6, 6.07) is 0. The Labute approximate surface area is 102 Å². The number of carbonyl (C=O) groups excluding carboxylic acids is 1. The quantitative estimate of drug-likeness (QED) is 0.817. The van der Waals surface area contributed by atoms with Crippen molar-refractivity contribution < 1.29 is 9.53 Å². The number of hydrogen-bond acceptors (Lipinski definition) is 3. The molecule has 17 heavy (non-hydrogen) atoms.